The van der Waals surface area contributed by atoms with Gasteiger partial charge in [-0.2, -0.15) is 8.42 Å². The van der Waals surface area contributed by atoms with Crippen LogP contribution in [-0.4, -0.2) is 48.3 Å². The largest absolute Gasteiger partial charge is 0.423 e. The zero-order chi connectivity index (χ0) is 21.4. The van der Waals surface area contributed by atoms with Crippen LogP contribution in [-0.2, 0) is 14.8 Å². The van der Waals surface area contributed by atoms with E-state index in [0.717, 1.165) is 6.42 Å². The van der Waals surface area contributed by atoms with E-state index in [0.29, 0.717) is 48.1 Å². The molecule has 5 rings (SSSR count). The minimum Gasteiger partial charge on any atom is -0.423 e. The molecule has 0 saturated carbocycles. The fourth-order valence-corrected chi connectivity index (χ4v) is 5.20. The van der Waals surface area contributed by atoms with Gasteiger partial charge in [-0.05, 0) is 43.2 Å². The number of hydrogen-bond acceptors (Lipinski definition) is 7. The number of benzene rings is 2. The van der Waals surface area contributed by atoms with Crippen LogP contribution in [0.25, 0.3) is 11.5 Å². The van der Waals surface area contributed by atoms with E-state index in [1.807, 2.05) is 11.0 Å². The summed E-state index contributed by atoms with van der Waals surface area (Å²) in [6, 6.07) is 14.0. The minimum atomic E-state index is -3.69. The van der Waals surface area contributed by atoms with E-state index in [2.05, 4.69) is 19.9 Å². The lowest BCUT2D eigenvalue weighted by molar-refractivity contribution is -0.121. The molecule has 2 aliphatic heterocycles. The van der Waals surface area contributed by atoms with Crippen molar-refractivity contribution in [2.45, 2.75) is 17.7 Å². The lowest BCUT2D eigenvalue weighted by Crippen LogP contribution is -2.43. The van der Waals surface area contributed by atoms with Gasteiger partial charge in [-0.3, -0.25) is 4.79 Å². The molecule has 1 atom stereocenters. The Morgan fingerprint density at radius 1 is 1.16 bits per heavy atom. The SMILES string of the molecule is O=C(Nc1cccc(-c2nnco2)c1)[C@H]1CCCN(C2=NS(=O)(=O)c3ccccc32)C1. The number of sulfonamides is 1. The molecule has 0 unspecified atom stereocenters. The molecule has 1 fully saturated rings. The highest BCUT2D eigenvalue weighted by Gasteiger charge is 2.35. The number of amides is 1. The van der Waals surface area contributed by atoms with Gasteiger partial charge in [0.25, 0.3) is 10.0 Å². The van der Waals surface area contributed by atoms with Crippen LogP contribution in [0.5, 0.6) is 0 Å². The summed E-state index contributed by atoms with van der Waals surface area (Å²) in [5.41, 5.74) is 1.93. The predicted octanol–water partition coefficient (Wildman–Crippen LogP) is 2.54. The molecular weight excluding hydrogens is 418 g/mol. The number of piperidine rings is 1. The third kappa shape index (κ3) is 3.70. The quantitative estimate of drug-likeness (QED) is 0.669. The van der Waals surface area contributed by atoms with Crippen molar-refractivity contribution in [1.29, 1.82) is 0 Å². The van der Waals surface area contributed by atoms with Gasteiger partial charge in [0, 0.05) is 29.9 Å². The van der Waals surface area contributed by atoms with Crippen LogP contribution in [0.1, 0.15) is 18.4 Å². The van der Waals surface area contributed by atoms with Crippen LogP contribution >= 0.6 is 0 Å². The number of hydrogen-bond donors (Lipinski definition) is 1. The van der Waals surface area contributed by atoms with Gasteiger partial charge in [0.1, 0.15) is 4.90 Å². The summed E-state index contributed by atoms with van der Waals surface area (Å²) in [5.74, 6) is 0.381. The Morgan fingerprint density at radius 2 is 2.03 bits per heavy atom. The summed E-state index contributed by atoms with van der Waals surface area (Å²) >= 11 is 0. The van der Waals surface area contributed by atoms with Crippen LogP contribution in [0.4, 0.5) is 5.69 Å². The molecule has 158 valence electrons. The monoisotopic (exact) mass is 437 g/mol. The van der Waals surface area contributed by atoms with Crippen molar-refractivity contribution in [2.75, 3.05) is 18.4 Å². The summed E-state index contributed by atoms with van der Waals surface area (Å²) < 4.78 is 34.0. The van der Waals surface area contributed by atoms with Crippen LogP contribution in [0.3, 0.4) is 0 Å². The van der Waals surface area contributed by atoms with Gasteiger partial charge in [-0.25, -0.2) is 0 Å². The minimum absolute atomic E-state index is 0.123. The molecule has 1 amide bonds. The number of nitrogens with one attached hydrogen (secondary N) is 1. The number of nitrogens with zero attached hydrogens (tertiary/aromatic N) is 4. The van der Waals surface area contributed by atoms with Crippen molar-refractivity contribution < 1.29 is 17.6 Å². The molecular formula is C21H19N5O4S. The van der Waals surface area contributed by atoms with Crippen molar-refractivity contribution in [1.82, 2.24) is 15.1 Å². The van der Waals surface area contributed by atoms with Gasteiger partial charge in [0.2, 0.25) is 18.2 Å². The molecule has 2 aromatic carbocycles. The molecule has 3 heterocycles. The highest BCUT2D eigenvalue weighted by molar-refractivity contribution is 7.90. The van der Waals surface area contributed by atoms with Gasteiger partial charge in [-0.1, -0.05) is 18.2 Å². The van der Waals surface area contributed by atoms with Crippen LogP contribution in [0, 0.1) is 5.92 Å². The maximum Gasteiger partial charge on any atom is 0.285 e. The van der Waals surface area contributed by atoms with E-state index in [9.17, 15) is 13.2 Å². The molecule has 1 aromatic heterocycles. The average molecular weight is 437 g/mol. The second kappa shape index (κ2) is 7.62. The van der Waals surface area contributed by atoms with E-state index in [1.165, 1.54) is 6.39 Å². The molecule has 1 saturated heterocycles. The van der Waals surface area contributed by atoms with Gasteiger partial charge < -0.3 is 14.6 Å². The Labute approximate surface area is 178 Å². The maximum atomic E-state index is 13.0. The van der Waals surface area contributed by atoms with Crippen molar-refractivity contribution in [3.8, 4) is 11.5 Å². The van der Waals surface area contributed by atoms with Gasteiger partial charge in [0.05, 0.1) is 5.92 Å². The molecule has 0 aliphatic carbocycles. The first-order chi connectivity index (χ1) is 15.0. The number of likely N-dealkylation sites (tertiary alicyclic amines) is 1. The molecule has 3 aromatic rings. The highest BCUT2D eigenvalue weighted by atomic mass is 32.2. The first-order valence-electron chi connectivity index (χ1n) is 9.88. The average Bonchev–Trinajstić information content (AvgIpc) is 3.41. The van der Waals surface area contributed by atoms with Crippen LogP contribution in [0.2, 0.25) is 0 Å². The van der Waals surface area contributed by atoms with E-state index in [1.54, 1.807) is 42.5 Å². The summed E-state index contributed by atoms with van der Waals surface area (Å²) in [6.07, 6.45) is 2.73. The van der Waals surface area contributed by atoms with Crippen molar-refractivity contribution >= 4 is 27.5 Å². The summed E-state index contributed by atoms with van der Waals surface area (Å²) in [4.78, 5) is 15.1. The van der Waals surface area contributed by atoms with E-state index >= 15 is 0 Å². The van der Waals surface area contributed by atoms with Crippen LogP contribution in [0.15, 0.2) is 68.6 Å². The Hall–Kier alpha value is -3.53. The smallest absolute Gasteiger partial charge is 0.285 e. The number of carbonyl (C=O) groups excluding carboxylic acids is 1. The number of amidine groups is 1. The first kappa shape index (κ1) is 19.4. The number of aromatic nitrogens is 2. The molecule has 31 heavy (non-hydrogen) atoms. The standard InChI is InChI=1S/C21H19N5O4S/c27-20(23-16-7-3-5-14(11-16)21-24-22-13-30-21)15-6-4-10-26(12-15)19-17-8-1-2-9-18(17)31(28,29)25-19/h1-3,5,7-9,11,13,15H,4,6,10,12H2,(H,23,27)/t15-/m0/s1. The summed E-state index contributed by atoms with van der Waals surface area (Å²) in [5, 5.41) is 10.5. The first-order valence-corrected chi connectivity index (χ1v) is 11.3. The predicted molar refractivity (Wildman–Crippen MR) is 113 cm³/mol. The Balaban J connectivity index is 1.33. The van der Waals surface area contributed by atoms with Crippen LogP contribution < -0.4 is 5.32 Å². The number of rotatable bonds is 3. The third-order valence-electron chi connectivity index (χ3n) is 5.44. The molecule has 0 bridgehead atoms. The molecule has 1 N–H and O–H groups in total. The number of carbonyl (C=O) groups is 1. The van der Waals surface area contributed by atoms with Crippen molar-refractivity contribution in [2.24, 2.45) is 10.3 Å². The topological polar surface area (TPSA) is 118 Å². The highest BCUT2D eigenvalue weighted by Crippen LogP contribution is 2.30. The molecule has 10 heteroatoms. The lowest BCUT2D eigenvalue weighted by Gasteiger charge is -2.33. The Kier molecular flexibility index (Phi) is 4.78. The molecule has 0 spiro atoms. The van der Waals surface area contributed by atoms with E-state index in [4.69, 9.17) is 4.42 Å². The molecule has 0 radical (unpaired) electrons. The second-order valence-corrected chi connectivity index (χ2v) is 9.06. The normalized spacial score (nSPS) is 19.5. The van der Waals surface area contributed by atoms with Crippen molar-refractivity contribution in [3.05, 3.63) is 60.5 Å². The van der Waals surface area contributed by atoms with E-state index in [-0.39, 0.29) is 16.7 Å². The third-order valence-corrected chi connectivity index (χ3v) is 6.77. The van der Waals surface area contributed by atoms with Gasteiger partial charge >= 0.3 is 0 Å². The fourth-order valence-electron chi connectivity index (χ4n) is 3.97. The lowest BCUT2D eigenvalue weighted by atomic mass is 9.96. The number of fused-ring (bicyclic) bond motifs is 1. The Bertz CT molecular complexity index is 1270. The van der Waals surface area contributed by atoms with Gasteiger partial charge in [-0.15, -0.1) is 14.6 Å². The molecule has 2 aliphatic rings. The second-order valence-electron chi connectivity index (χ2n) is 7.49. The molecule has 9 nitrogen and oxygen atoms in total. The number of anilines is 1. The summed E-state index contributed by atoms with van der Waals surface area (Å²) in [7, 11) is -3.69. The zero-order valence-electron chi connectivity index (χ0n) is 16.4. The Morgan fingerprint density at radius 3 is 2.87 bits per heavy atom. The summed E-state index contributed by atoms with van der Waals surface area (Å²) in [6.45, 7) is 1.05. The van der Waals surface area contributed by atoms with Crippen molar-refractivity contribution in [3.63, 3.8) is 0 Å². The maximum absolute atomic E-state index is 13.0. The van der Waals surface area contributed by atoms with Gasteiger partial charge in [0.15, 0.2) is 5.84 Å². The zero-order valence-corrected chi connectivity index (χ0v) is 17.2. The van der Waals surface area contributed by atoms with E-state index < -0.39 is 10.0 Å². The fraction of sp³-hybridized carbons (Fsp3) is 0.238.